The van der Waals surface area contributed by atoms with Gasteiger partial charge in [0.25, 0.3) is 0 Å². The van der Waals surface area contributed by atoms with Gasteiger partial charge in [0.15, 0.2) is 0 Å². The highest BCUT2D eigenvalue weighted by Gasteiger charge is 2.32. The molecule has 0 aliphatic rings. The van der Waals surface area contributed by atoms with Gasteiger partial charge in [0.05, 0.1) is 26.4 Å². The van der Waals surface area contributed by atoms with Crippen molar-refractivity contribution < 1.29 is 32.1 Å². The summed E-state index contributed by atoms with van der Waals surface area (Å²) in [7, 11) is -5.71. The second-order valence-electron chi connectivity index (χ2n) is 4.62. The fourth-order valence-electron chi connectivity index (χ4n) is 1.41. The van der Waals surface area contributed by atoms with Gasteiger partial charge in [-0.15, -0.1) is 4.20 Å². The fraction of sp³-hybridized carbons (Fsp3) is 1.00. The average Bonchev–Trinajstić information content (AvgIpc) is 2.23. The summed E-state index contributed by atoms with van der Waals surface area (Å²) >= 11 is 0. The van der Waals surface area contributed by atoms with Gasteiger partial charge >= 0.3 is 7.91 Å². The molecule has 1 atom stereocenters. The first-order chi connectivity index (χ1) is 8.77. The van der Waals surface area contributed by atoms with Crippen LogP contribution in [0.25, 0.3) is 0 Å². The van der Waals surface area contributed by atoms with E-state index in [4.69, 9.17) is 19.1 Å². The Balaban J connectivity index is 3.45. The number of ether oxygens (including phenoxy) is 3. The molecule has 19 heavy (non-hydrogen) atoms. The van der Waals surface area contributed by atoms with Crippen molar-refractivity contribution in [1.29, 1.82) is 0 Å². The first-order valence-electron chi connectivity index (χ1n) is 6.14. The molecule has 0 radical (unpaired) electrons. The van der Waals surface area contributed by atoms with Crippen molar-refractivity contribution in [3.05, 3.63) is 0 Å². The maximum atomic E-state index is 12.5. The van der Waals surface area contributed by atoms with Crippen LogP contribution in [0.15, 0.2) is 0 Å². The standard InChI is InChI=1S/C10H24FO6PSi/c1-14-6-7-16-9-8-15-5-4-10-19(2,3)17-18(11,12)13/h4-10H2,1-3H3,(H,12,13). The summed E-state index contributed by atoms with van der Waals surface area (Å²) in [6.45, 7) is 5.96. The summed E-state index contributed by atoms with van der Waals surface area (Å²) in [5.41, 5.74) is 0. The smallest absolute Gasteiger partial charge is 0.382 e. The maximum Gasteiger partial charge on any atom is 0.500 e. The molecule has 0 amide bonds. The van der Waals surface area contributed by atoms with E-state index in [9.17, 15) is 8.76 Å². The van der Waals surface area contributed by atoms with Gasteiger partial charge < -0.3 is 18.4 Å². The van der Waals surface area contributed by atoms with Crippen LogP contribution in [0.2, 0.25) is 19.1 Å². The lowest BCUT2D eigenvalue weighted by molar-refractivity contribution is 0.0249. The van der Waals surface area contributed by atoms with E-state index in [1.165, 1.54) is 0 Å². The zero-order valence-corrected chi connectivity index (χ0v) is 13.7. The Morgan fingerprint density at radius 1 is 1.11 bits per heavy atom. The molecular weight excluding hydrogens is 294 g/mol. The minimum Gasteiger partial charge on any atom is -0.382 e. The van der Waals surface area contributed by atoms with E-state index in [1.807, 2.05) is 0 Å². The summed E-state index contributed by atoms with van der Waals surface area (Å²) in [6.07, 6.45) is 0.664. The van der Waals surface area contributed by atoms with Gasteiger partial charge in [-0.2, -0.15) is 0 Å². The maximum absolute atomic E-state index is 12.5. The van der Waals surface area contributed by atoms with Crippen LogP contribution in [0.3, 0.4) is 0 Å². The van der Waals surface area contributed by atoms with Crippen molar-refractivity contribution in [3.63, 3.8) is 0 Å². The monoisotopic (exact) mass is 318 g/mol. The third kappa shape index (κ3) is 14.4. The van der Waals surface area contributed by atoms with E-state index >= 15 is 0 Å². The highest BCUT2D eigenvalue weighted by atomic mass is 31.2. The van der Waals surface area contributed by atoms with Gasteiger partial charge in [-0.05, 0) is 25.6 Å². The molecule has 6 nitrogen and oxygen atoms in total. The van der Waals surface area contributed by atoms with Crippen molar-refractivity contribution in [2.24, 2.45) is 0 Å². The molecule has 0 aliphatic heterocycles. The van der Waals surface area contributed by atoms with Crippen LogP contribution in [0.1, 0.15) is 6.42 Å². The zero-order valence-electron chi connectivity index (χ0n) is 11.8. The molecule has 116 valence electrons. The number of methoxy groups -OCH3 is 1. The lowest BCUT2D eigenvalue weighted by Gasteiger charge is -2.21. The van der Waals surface area contributed by atoms with Crippen molar-refractivity contribution in [1.82, 2.24) is 0 Å². The quantitative estimate of drug-likeness (QED) is 0.338. The topological polar surface area (TPSA) is 74.2 Å². The van der Waals surface area contributed by atoms with E-state index < -0.39 is 16.2 Å². The molecule has 0 aromatic rings. The molecule has 0 fully saturated rings. The number of halogens is 1. The summed E-state index contributed by atoms with van der Waals surface area (Å²) in [6, 6.07) is 0.562. The Morgan fingerprint density at radius 2 is 1.63 bits per heavy atom. The van der Waals surface area contributed by atoms with Crippen LogP contribution < -0.4 is 0 Å². The molecule has 0 aromatic carbocycles. The summed E-state index contributed by atoms with van der Waals surface area (Å²) in [4.78, 5) is 8.54. The van der Waals surface area contributed by atoms with Crippen LogP contribution in [0.5, 0.6) is 0 Å². The van der Waals surface area contributed by atoms with Crippen molar-refractivity contribution >= 4 is 16.2 Å². The number of hydrogen-bond donors (Lipinski definition) is 1. The Bertz CT molecular complexity index is 273. The van der Waals surface area contributed by atoms with Crippen LogP contribution >= 0.6 is 7.91 Å². The highest BCUT2D eigenvalue weighted by molar-refractivity contribution is 7.48. The molecule has 1 N–H and O–H groups in total. The summed E-state index contributed by atoms with van der Waals surface area (Å²) in [5.74, 6) is 0. The zero-order chi connectivity index (χ0) is 14.8. The van der Waals surface area contributed by atoms with Crippen molar-refractivity contribution in [2.75, 3.05) is 40.1 Å². The van der Waals surface area contributed by atoms with Gasteiger partial charge in [-0.1, -0.05) is 0 Å². The number of rotatable bonds is 12. The molecule has 0 saturated carbocycles. The van der Waals surface area contributed by atoms with Gasteiger partial charge in [0.1, 0.15) is 0 Å². The highest BCUT2D eigenvalue weighted by Crippen LogP contribution is 2.47. The number of hydrogen-bond acceptors (Lipinski definition) is 5. The Hall–Kier alpha value is 0.177. The molecule has 0 aliphatic carbocycles. The summed E-state index contributed by atoms with van der Waals surface area (Å²) in [5, 5.41) is 0. The van der Waals surface area contributed by atoms with Crippen LogP contribution in [0.4, 0.5) is 4.20 Å². The molecule has 0 aromatic heterocycles. The second kappa shape index (κ2) is 9.98. The molecule has 0 bridgehead atoms. The fourth-order valence-corrected chi connectivity index (χ4v) is 5.21. The molecule has 0 spiro atoms. The minimum atomic E-state index is -4.88. The Labute approximate surface area is 115 Å². The predicted octanol–water partition coefficient (Wildman–Crippen LogP) is 2.35. The van der Waals surface area contributed by atoms with Gasteiger partial charge in [0.2, 0.25) is 8.32 Å². The lowest BCUT2D eigenvalue weighted by Crippen LogP contribution is -2.28. The molecule has 1 unspecified atom stereocenters. The SMILES string of the molecule is COCCOCCOCCC[Si](C)(C)OP(=O)(O)F. The minimum absolute atomic E-state index is 0.480. The van der Waals surface area contributed by atoms with Crippen LogP contribution in [-0.4, -0.2) is 53.4 Å². The second-order valence-corrected chi connectivity index (χ2v) is 10.3. The third-order valence-corrected chi connectivity index (χ3v) is 6.67. The van der Waals surface area contributed by atoms with E-state index in [1.54, 1.807) is 20.2 Å². The third-order valence-electron chi connectivity index (χ3n) is 2.23. The first kappa shape index (κ1) is 19.2. The Morgan fingerprint density at radius 3 is 2.16 bits per heavy atom. The largest absolute Gasteiger partial charge is 0.500 e. The molecular formula is C10H24FO6PSi. The van der Waals surface area contributed by atoms with E-state index in [0.717, 1.165) is 0 Å². The normalized spacial score (nSPS) is 15.4. The van der Waals surface area contributed by atoms with E-state index in [0.29, 0.717) is 45.5 Å². The van der Waals surface area contributed by atoms with Gasteiger partial charge in [-0.3, -0.25) is 4.89 Å². The van der Waals surface area contributed by atoms with Crippen molar-refractivity contribution in [3.8, 4) is 0 Å². The molecule has 0 saturated heterocycles. The molecule has 9 heteroatoms. The van der Waals surface area contributed by atoms with E-state index in [2.05, 4.69) is 4.21 Å². The Kier molecular flexibility index (Phi) is 10.1. The van der Waals surface area contributed by atoms with Crippen LogP contribution in [0, 0.1) is 0 Å². The predicted molar refractivity (Wildman–Crippen MR) is 72.4 cm³/mol. The van der Waals surface area contributed by atoms with Gasteiger partial charge in [-0.25, -0.2) is 4.57 Å². The first-order valence-corrected chi connectivity index (χ1v) is 10.7. The summed E-state index contributed by atoms with van der Waals surface area (Å²) < 4.78 is 43.0. The molecule has 0 heterocycles. The molecule has 0 rings (SSSR count). The van der Waals surface area contributed by atoms with Gasteiger partial charge in [0, 0.05) is 13.7 Å². The lowest BCUT2D eigenvalue weighted by atomic mass is 10.5. The van der Waals surface area contributed by atoms with E-state index in [-0.39, 0.29) is 0 Å². The van der Waals surface area contributed by atoms with Crippen LogP contribution in [-0.2, 0) is 23.0 Å². The average molecular weight is 318 g/mol. The van der Waals surface area contributed by atoms with Crippen molar-refractivity contribution in [2.45, 2.75) is 25.6 Å².